The molecule has 168 valence electrons. The highest BCUT2D eigenvalue weighted by Crippen LogP contribution is 2.31. The van der Waals surface area contributed by atoms with E-state index in [1.54, 1.807) is 30.0 Å². The van der Waals surface area contributed by atoms with Crippen molar-refractivity contribution in [2.45, 2.75) is 24.7 Å². The number of thioether (sulfide) groups is 1. The quantitative estimate of drug-likeness (QED) is 0.568. The zero-order chi connectivity index (χ0) is 21.4. The van der Waals surface area contributed by atoms with E-state index in [1.165, 1.54) is 4.31 Å². The molecule has 8 nitrogen and oxygen atoms in total. The van der Waals surface area contributed by atoms with Crippen LogP contribution in [0.3, 0.4) is 0 Å². The summed E-state index contributed by atoms with van der Waals surface area (Å²) in [6.07, 6.45) is 2.17. The Balaban J connectivity index is 1.82. The Bertz CT molecular complexity index is 807. The second kappa shape index (κ2) is 11.3. The second-order valence-electron chi connectivity index (χ2n) is 7.25. The number of ether oxygens (including phenoxy) is 2. The molecular formula is C20H31N3O5S2. The molecule has 3 rings (SSSR count). The summed E-state index contributed by atoms with van der Waals surface area (Å²) in [5, 5.41) is 2.95. The van der Waals surface area contributed by atoms with Gasteiger partial charge in [-0.05, 0) is 30.4 Å². The summed E-state index contributed by atoms with van der Waals surface area (Å²) in [5.74, 6) is 1.17. The molecule has 1 aromatic carbocycles. The number of anilines is 2. The second-order valence-corrected chi connectivity index (χ2v) is 10.3. The molecule has 30 heavy (non-hydrogen) atoms. The summed E-state index contributed by atoms with van der Waals surface area (Å²) in [7, 11) is -3.64. The van der Waals surface area contributed by atoms with Crippen LogP contribution in [0.15, 0.2) is 23.1 Å². The number of nitrogens with zero attached hydrogens (tertiary/aromatic N) is 2. The Morgan fingerprint density at radius 3 is 2.43 bits per heavy atom. The van der Waals surface area contributed by atoms with Gasteiger partial charge in [0.1, 0.15) is 0 Å². The summed E-state index contributed by atoms with van der Waals surface area (Å²) in [6, 6.07) is 5.00. The highest BCUT2D eigenvalue weighted by molar-refractivity contribution is 7.99. The molecule has 1 N–H and O–H groups in total. The van der Waals surface area contributed by atoms with Crippen LogP contribution in [0.1, 0.15) is 19.8 Å². The maximum absolute atomic E-state index is 13.1. The van der Waals surface area contributed by atoms with Crippen molar-refractivity contribution >= 4 is 39.1 Å². The number of nitrogens with one attached hydrogen (secondary N) is 1. The first-order valence-corrected chi connectivity index (χ1v) is 13.0. The van der Waals surface area contributed by atoms with Crippen LogP contribution in [0.4, 0.5) is 11.4 Å². The number of unbranched alkanes of at least 4 members (excludes halogenated alkanes) is 1. The Labute approximate surface area is 183 Å². The minimum atomic E-state index is -3.64. The molecule has 10 heteroatoms. The SMILES string of the molecule is CCCCSCC(=O)Nc1cc(S(=O)(=O)N2CCOCC2)ccc1N1CCOCC1. The molecule has 0 unspecified atom stereocenters. The fourth-order valence-electron chi connectivity index (χ4n) is 3.39. The van der Waals surface area contributed by atoms with Crippen molar-refractivity contribution in [1.29, 1.82) is 0 Å². The molecule has 2 aliphatic rings. The number of hydrogen-bond acceptors (Lipinski definition) is 7. The van der Waals surface area contributed by atoms with Gasteiger partial charge in [-0.15, -0.1) is 0 Å². The van der Waals surface area contributed by atoms with Crippen molar-refractivity contribution in [3.8, 4) is 0 Å². The summed E-state index contributed by atoms with van der Waals surface area (Å²) < 4.78 is 38.3. The van der Waals surface area contributed by atoms with E-state index >= 15 is 0 Å². The first kappa shape index (κ1) is 23.3. The lowest BCUT2D eigenvalue weighted by molar-refractivity contribution is -0.113. The molecule has 0 radical (unpaired) electrons. The van der Waals surface area contributed by atoms with Crippen LogP contribution >= 0.6 is 11.8 Å². The molecule has 0 aromatic heterocycles. The number of benzene rings is 1. The van der Waals surface area contributed by atoms with Crippen molar-refractivity contribution in [1.82, 2.24) is 4.31 Å². The normalized spacial score (nSPS) is 18.4. The van der Waals surface area contributed by atoms with E-state index in [1.807, 2.05) is 0 Å². The molecule has 2 fully saturated rings. The van der Waals surface area contributed by atoms with E-state index in [0.717, 1.165) is 24.3 Å². The maximum Gasteiger partial charge on any atom is 0.243 e. The van der Waals surface area contributed by atoms with Crippen molar-refractivity contribution in [2.75, 3.05) is 74.3 Å². The average Bonchev–Trinajstić information content (AvgIpc) is 2.78. The predicted molar refractivity (Wildman–Crippen MR) is 120 cm³/mol. The molecule has 0 saturated carbocycles. The number of carbonyl (C=O) groups excluding carboxylic acids is 1. The van der Waals surface area contributed by atoms with Gasteiger partial charge >= 0.3 is 0 Å². The Morgan fingerprint density at radius 2 is 1.77 bits per heavy atom. The third-order valence-corrected chi connectivity index (χ3v) is 8.02. The fraction of sp³-hybridized carbons (Fsp3) is 0.650. The molecule has 2 heterocycles. The van der Waals surface area contributed by atoms with Crippen LogP contribution in [0.25, 0.3) is 0 Å². The number of sulfonamides is 1. The zero-order valence-electron chi connectivity index (χ0n) is 17.5. The van der Waals surface area contributed by atoms with Crippen LogP contribution in [-0.2, 0) is 24.3 Å². The van der Waals surface area contributed by atoms with E-state index in [-0.39, 0.29) is 10.8 Å². The van der Waals surface area contributed by atoms with Gasteiger partial charge in [0, 0.05) is 26.2 Å². The third kappa shape index (κ3) is 6.10. The van der Waals surface area contributed by atoms with Gasteiger partial charge in [0.2, 0.25) is 15.9 Å². The van der Waals surface area contributed by atoms with Crippen LogP contribution in [0, 0.1) is 0 Å². The number of amides is 1. The molecule has 1 amide bonds. The maximum atomic E-state index is 13.1. The largest absolute Gasteiger partial charge is 0.379 e. The van der Waals surface area contributed by atoms with Crippen LogP contribution < -0.4 is 10.2 Å². The van der Waals surface area contributed by atoms with Gasteiger partial charge in [0.05, 0.1) is 48.5 Å². The smallest absolute Gasteiger partial charge is 0.243 e. The highest BCUT2D eigenvalue weighted by Gasteiger charge is 2.28. The standard InChI is InChI=1S/C20H31N3O5S2/c1-2-3-14-29-16-20(24)21-18-15-17(30(25,26)23-8-12-28-13-9-23)4-5-19(18)22-6-10-27-11-7-22/h4-5,15H,2-3,6-14,16H2,1H3,(H,21,24). The lowest BCUT2D eigenvalue weighted by Crippen LogP contribution is -2.40. The lowest BCUT2D eigenvalue weighted by Gasteiger charge is -2.31. The molecule has 0 atom stereocenters. The molecule has 0 bridgehead atoms. The lowest BCUT2D eigenvalue weighted by atomic mass is 10.2. The van der Waals surface area contributed by atoms with Gasteiger partial charge in [0.25, 0.3) is 0 Å². The first-order chi connectivity index (χ1) is 14.5. The Hall–Kier alpha value is -1.33. The van der Waals surface area contributed by atoms with Crippen molar-refractivity contribution in [3.63, 3.8) is 0 Å². The highest BCUT2D eigenvalue weighted by atomic mass is 32.2. The first-order valence-electron chi connectivity index (χ1n) is 10.4. The summed E-state index contributed by atoms with van der Waals surface area (Å²) in [6.45, 7) is 6.19. The number of carbonyl (C=O) groups is 1. The van der Waals surface area contributed by atoms with E-state index in [4.69, 9.17) is 9.47 Å². The summed E-state index contributed by atoms with van der Waals surface area (Å²) in [4.78, 5) is 14.8. The van der Waals surface area contributed by atoms with Gasteiger partial charge in [-0.3, -0.25) is 4.79 Å². The van der Waals surface area contributed by atoms with E-state index < -0.39 is 10.0 Å². The summed E-state index contributed by atoms with van der Waals surface area (Å²) >= 11 is 1.59. The molecule has 1 aromatic rings. The molecular weight excluding hydrogens is 426 g/mol. The van der Waals surface area contributed by atoms with E-state index in [9.17, 15) is 13.2 Å². The molecule has 0 aliphatic carbocycles. The summed E-state index contributed by atoms with van der Waals surface area (Å²) in [5.41, 5.74) is 1.36. The number of rotatable bonds is 9. The fourth-order valence-corrected chi connectivity index (χ4v) is 5.72. The van der Waals surface area contributed by atoms with Crippen molar-refractivity contribution < 1.29 is 22.7 Å². The molecule has 0 spiro atoms. The minimum Gasteiger partial charge on any atom is -0.379 e. The van der Waals surface area contributed by atoms with Crippen molar-refractivity contribution in [3.05, 3.63) is 18.2 Å². The van der Waals surface area contributed by atoms with E-state index in [0.29, 0.717) is 64.0 Å². The van der Waals surface area contributed by atoms with Crippen LogP contribution in [0.5, 0.6) is 0 Å². The Kier molecular flexibility index (Phi) is 8.82. The van der Waals surface area contributed by atoms with Gasteiger partial charge in [-0.25, -0.2) is 8.42 Å². The molecule has 2 saturated heterocycles. The zero-order valence-corrected chi connectivity index (χ0v) is 19.1. The van der Waals surface area contributed by atoms with Gasteiger partial charge in [-0.2, -0.15) is 16.1 Å². The topological polar surface area (TPSA) is 88.2 Å². The number of hydrogen-bond donors (Lipinski definition) is 1. The van der Waals surface area contributed by atoms with Gasteiger partial charge in [-0.1, -0.05) is 13.3 Å². The minimum absolute atomic E-state index is 0.119. The van der Waals surface area contributed by atoms with E-state index in [2.05, 4.69) is 17.1 Å². The van der Waals surface area contributed by atoms with Gasteiger partial charge < -0.3 is 19.7 Å². The van der Waals surface area contributed by atoms with Gasteiger partial charge in [0.15, 0.2) is 0 Å². The number of morpholine rings is 2. The van der Waals surface area contributed by atoms with Crippen LogP contribution in [-0.4, -0.2) is 82.7 Å². The third-order valence-electron chi connectivity index (χ3n) is 5.08. The average molecular weight is 458 g/mol. The Morgan fingerprint density at radius 1 is 1.10 bits per heavy atom. The van der Waals surface area contributed by atoms with Crippen LogP contribution in [0.2, 0.25) is 0 Å². The monoisotopic (exact) mass is 457 g/mol. The predicted octanol–water partition coefficient (Wildman–Crippen LogP) is 2.02. The van der Waals surface area contributed by atoms with Crippen molar-refractivity contribution in [2.24, 2.45) is 0 Å². The molecule has 2 aliphatic heterocycles.